The summed E-state index contributed by atoms with van der Waals surface area (Å²) in [5.74, 6) is 0.864. The van der Waals surface area contributed by atoms with Crippen LogP contribution in [0.5, 0.6) is 11.5 Å². The van der Waals surface area contributed by atoms with Crippen LogP contribution in [0, 0.1) is 0 Å². The number of halogens is 1. The van der Waals surface area contributed by atoms with Crippen LogP contribution in [-0.4, -0.2) is 24.6 Å². The third-order valence-corrected chi connectivity index (χ3v) is 3.08. The lowest BCUT2D eigenvalue weighted by Crippen LogP contribution is -2.03. The zero-order valence-corrected chi connectivity index (χ0v) is 10.9. The molecule has 2 aromatic rings. The lowest BCUT2D eigenvalue weighted by atomic mass is 10.3. The molecule has 1 aromatic carbocycles. The monoisotopic (exact) mass is 284 g/mol. The molecule has 1 heterocycles. The number of hydrogen-bond donors (Lipinski definition) is 0. The van der Waals surface area contributed by atoms with Crippen molar-refractivity contribution in [3.8, 4) is 11.5 Å². The lowest BCUT2D eigenvalue weighted by Gasteiger charge is -2.05. The molecule has 0 atom stereocenters. The zero-order chi connectivity index (χ0) is 13.2. The van der Waals surface area contributed by atoms with Crippen LogP contribution in [0.2, 0.25) is 5.02 Å². The van der Waals surface area contributed by atoms with Gasteiger partial charge in [0.05, 0.1) is 12.4 Å². The second-order valence-corrected chi connectivity index (χ2v) is 5.88. The molecule has 18 heavy (non-hydrogen) atoms. The summed E-state index contributed by atoms with van der Waals surface area (Å²) in [6.45, 7) is 0. The highest BCUT2D eigenvalue weighted by Gasteiger charge is 2.10. The van der Waals surface area contributed by atoms with Gasteiger partial charge in [0.25, 0.3) is 0 Å². The average Bonchev–Trinajstić information content (AvgIpc) is 2.28. The van der Waals surface area contributed by atoms with Crippen molar-refractivity contribution in [2.75, 3.05) is 6.26 Å². The number of sulfone groups is 1. The van der Waals surface area contributed by atoms with Crippen molar-refractivity contribution in [1.29, 1.82) is 0 Å². The van der Waals surface area contributed by atoms with Crippen LogP contribution in [0.1, 0.15) is 0 Å². The maximum Gasteiger partial charge on any atom is 0.246 e. The first-order valence-electron chi connectivity index (χ1n) is 4.91. The second-order valence-electron chi connectivity index (χ2n) is 3.53. The summed E-state index contributed by atoms with van der Waals surface area (Å²) >= 11 is 5.81. The summed E-state index contributed by atoms with van der Waals surface area (Å²) in [5.41, 5.74) is 0. The SMILES string of the molecule is CS(=O)(=O)c1ncc(Oc2cccc(Cl)c2)cn1. The third-order valence-electron chi connectivity index (χ3n) is 1.97. The van der Waals surface area contributed by atoms with Crippen molar-refractivity contribution >= 4 is 21.4 Å². The molecule has 1 aromatic heterocycles. The van der Waals surface area contributed by atoms with Crippen molar-refractivity contribution in [1.82, 2.24) is 9.97 Å². The van der Waals surface area contributed by atoms with E-state index in [4.69, 9.17) is 16.3 Å². The van der Waals surface area contributed by atoms with E-state index >= 15 is 0 Å². The molecule has 94 valence electrons. The predicted molar refractivity (Wildman–Crippen MR) is 66.7 cm³/mol. The zero-order valence-electron chi connectivity index (χ0n) is 9.37. The smallest absolute Gasteiger partial charge is 0.246 e. The quantitative estimate of drug-likeness (QED) is 0.809. The molecule has 0 unspecified atom stereocenters. The van der Waals surface area contributed by atoms with Crippen LogP contribution in [0.15, 0.2) is 41.8 Å². The molecule has 0 aliphatic carbocycles. The fraction of sp³-hybridized carbons (Fsp3) is 0.0909. The van der Waals surface area contributed by atoms with E-state index in [2.05, 4.69) is 9.97 Å². The van der Waals surface area contributed by atoms with Gasteiger partial charge in [-0.1, -0.05) is 17.7 Å². The summed E-state index contributed by atoms with van der Waals surface area (Å²) < 4.78 is 27.8. The van der Waals surface area contributed by atoms with Crippen molar-refractivity contribution in [2.24, 2.45) is 0 Å². The molecule has 0 spiro atoms. The molecular formula is C11H9ClN2O3S. The Balaban J connectivity index is 2.21. The van der Waals surface area contributed by atoms with Crippen LogP contribution in [-0.2, 0) is 9.84 Å². The van der Waals surface area contributed by atoms with Gasteiger partial charge in [-0.05, 0) is 18.2 Å². The number of nitrogens with zero attached hydrogens (tertiary/aromatic N) is 2. The van der Waals surface area contributed by atoms with E-state index < -0.39 is 9.84 Å². The van der Waals surface area contributed by atoms with E-state index in [1.807, 2.05) is 0 Å². The van der Waals surface area contributed by atoms with Gasteiger partial charge in [0.1, 0.15) is 5.75 Å². The highest BCUT2D eigenvalue weighted by molar-refractivity contribution is 7.90. The minimum absolute atomic E-state index is 0.235. The molecule has 0 radical (unpaired) electrons. The van der Waals surface area contributed by atoms with Gasteiger partial charge in [-0.3, -0.25) is 0 Å². The van der Waals surface area contributed by atoms with Crippen LogP contribution >= 0.6 is 11.6 Å². The van der Waals surface area contributed by atoms with Crippen LogP contribution in [0.3, 0.4) is 0 Å². The molecule has 0 aliphatic rings. The predicted octanol–water partition coefficient (Wildman–Crippen LogP) is 2.33. The Morgan fingerprint density at radius 1 is 1.17 bits per heavy atom. The van der Waals surface area contributed by atoms with Gasteiger partial charge in [0, 0.05) is 11.3 Å². The largest absolute Gasteiger partial charge is 0.454 e. The summed E-state index contributed by atoms with van der Waals surface area (Å²) in [5, 5.41) is 0.308. The molecule has 0 saturated heterocycles. The summed E-state index contributed by atoms with van der Waals surface area (Å²) in [7, 11) is -3.40. The van der Waals surface area contributed by atoms with Gasteiger partial charge in [-0.15, -0.1) is 0 Å². The molecule has 5 nitrogen and oxygen atoms in total. The van der Waals surface area contributed by atoms with E-state index in [9.17, 15) is 8.42 Å². The summed E-state index contributed by atoms with van der Waals surface area (Å²) in [6, 6.07) is 6.81. The number of rotatable bonds is 3. The molecule has 0 N–H and O–H groups in total. The number of ether oxygens (including phenoxy) is 1. The fourth-order valence-electron chi connectivity index (χ4n) is 1.22. The maximum atomic E-state index is 11.2. The maximum absolute atomic E-state index is 11.2. The molecular weight excluding hydrogens is 276 g/mol. The second kappa shape index (κ2) is 4.91. The van der Waals surface area contributed by atoms with E-state index in [-0.39, 0.29) is 5.16 Å². The molecule has 0 bridgehead atoms. The number of benzene rings is 1. The van der Waals surface area contributed by atoms with Crippen LogP contribution < -0.4 is 4.74 Å². The Bertz CT molecular complexity index is 656. The highest BCUT2D eigenvalue weighted by Crippen LogP contribution is 2.23. The van der Waals surface area contributed by atoms with Crippen molar-refractivity contribution in [3.63, 3.8) is 0 Å². The topological polar surface area (TPSA) is 69.2 Å². The molecule has 2 rings (SSSR count). The highest BCUT2D eigenvalue weighted by atomic mass is 35.5. The Hall–Kier alpha value is -1.66. The molecule has 0 saturated carbocycles. The first kappa shape index (κ1) is 12.8. The van der Waals surface area contributed by atoms with Crippen molar-refractivity contribution in [3.05, 3.63) is 41.7 Å². The Morgan fingerprint density at radius 3 is 2.39 bits per heavy atom. The van der Waals surface area contributed by atoms with E-state index in [0.717, 1.165) is 6.26 Å². The van der Waals surface area contributed by atoms with Gasteiger partial charge in [0.2, 0.25) is 15.0 Å². The third kappa shape index (κ3) is 3.18. The van der Waals surface area contributed by atoms with Gasteiger partial charge >= 0.3 is 0 Å². The molecule has 0 fully saturated rings. The first-order chi connectivity index (χ1) is 8.45. The first-order valence-corrected chi connectivity index (χ1v) is 7.17. The number of hydrogen-bond acceptors (Lipinski definition) is 5. The summed E-state index contributed by atoms with van der Waals surface area (Å²) in [4.78, 5) is 7.42. The normalized spacial score (nSPS) is 11.2. The van der Waals surface area contributed by atoms with Crippen LogP contribution in [0.25, 0.3) is 0 Å². The molecule has 7 heteroatoms. The molecule has 0 amide bonds. The average molecular weight is 285 g/mol. The van der Waals surface area contributed by atoms with E-state index in [0.29, 0.717) is 16.5 Å². The van der Waals surface area contributed by atoms with Crippen molar-refractivity contribution < 1.29 is 13.2 Å². The van der Waals surface area contributed by atoms with Gasteiger partial charge < -0.3 is 4.74 Å². The number of aromatic nitrogens is 2. The Labute approximate surface area is 109 Å². The van der Waals surface area contributed by atoms with Crippen LogP contribution in [0.4, 0.5) is 0 Å². The summed E-state index contributed by atoms with van der Waals surface area (Å²) in [6.07, 6.45) is 3.63. The fourth-order valence-corrected chi connectivity index (χ4v) is 1.88. The Kier molecular flexibility index (Phi) is 3.49. The van der Waals surface area contributed by atoms with E-state index in [1.54, 1.807) is 24.3 Å². The lowest BCUT2D eigenvalue weighted by molar-refractivity contribution is 0.474. The van der Waals surface area contributed by atoms with Gasteiger partial charge in [-0.25, -0.2) is 18.4 Å². The minimum Gasteiger partial charge on any atom is -0.454 e. The standard InChI is InChI=1S/C11H9ClN2O3S/c1-18(15,16)11-13-6-10(7-14-11)17-9-4-2-3-8(12)5-9/h2-7H,1H3. The minimum atomic E-state index is -3.40. The van der Waals surface area contributed by atoms with Gasteiger partial charge in [-0.2, -0.15) is 0 Å². The van der Waals surface area contributed by atoms with E-state index in [1.165, 1.54) is 12.4 Å². The molecule has 0 aliphatic heterocycles. The van der Waals surface area contributed by atoms with Gasteiger partial charge in [0.15, 0.2) is 5.75 Å². The van der Waals surface area contributed by atoms with Crippen molar-refractivity contribution in [2.45, 2.75) is 5.16 Å². The Morgan fingerprint density at radius 2 is 1.83 bits per heavy atom.